The van der Waals surface area contributed by atoms with E-state index < -0.39 is 17.9 Å². The summed E-state index contributed by atoms with van der Waals surface area (Å²) in [5.74, 6) is -2.38. The van der Waals surface area contributed by atoms with Crippen LogP contribution in [0.3, 0.4) is 0 Å². The van der Waals surface area contributed by atoms with Crippen LogP contribution in [0.5, 0.6) is 0 Å². The van der Waals surface area contributed by atoms with Gasteiger partial charge in [0.1, 0.15) is 0 Å². The molecule has 35 heavy (non-hydrogen) atoms. The Morgan fingerprint density at radius 2 is 0.771 bits per heavy atom. The quantitative estimate of drug-likeness (QED) is 0.268. The molecule has 0 saturated heterocycles. The number of aryl methyl sites for hydroxylation is 3. The van der Waals surface area contributed by atoms with Crippen molar-refractivity contribution >= 4 is 39.5 Å². The molecule has 0 spiro atoms. The van der Waals surface area contributed by atoms with Gasteiger partial charge < -0.3 is 15.3 Å². The van der Waals surface area contributed by atoms with E-state index in [1.165, 1.54) is 0 Å². The Kier molecular flexibility index (Phi) is 8.95. The topological polar surface area (TPSA) is 112 Å². The van der Waals surface area contributed by atoms with Gasteiger partial charge in [0.15, 0.2) is 0 Å². The van der Waals surface area contributed by atoms with E-state index in [9.17, 15) is 14.4 Å². The van der Waals surface area contributed by atoms with Crippen LogP contribution in [0.1, 0.15) is 36.0 Å². The maximum atomic E-state index is 11.0. The summed E-state index contributed by atoms with van der Waals surface area (Å²) in [6.45, 7) is 0. The Bertz CT molecular complexity index is 1190. The first-order chi connectivity index (χ1) is 16.9. The fourth-order valence-corrected chi connectivity index (χ4v) is 4.21. The first-order valence-electron chi connectivity index (χ1n) is 11.5. The highest BCUT2D eigenvalue weighted by atomic mass is 16.4. The van der Waals surface area contributed by atoms with Crippen LogP contribution in [0.25, 0.3) is 21.5 Å². The van der Waals surface area contributed by atoms with Crippen molar-refractivity contribution < 1.29 is 29.7 Å². The summed E-state index contributed by atoms with van der Waals surface area (Å²) < 4.78 is 0. The van der Waals surface area contributed by atoms with Crippen LogP contribution in [0.2, 0.25) is 0 Å². The lowest BCUT2D eigenvalue weighted by atomic mass is 9.88. The Morgan fingerprint density at radius 3 is 1.11 bits per heavy atom. The van der Waals surface area contributed by atoms with Crippen molar-refractivity contribution in [1.29, 1.82) is 0 Å². The first kappa shape index (κ1) is 25.4. The summed E-state index contributed by atoms with van der Waals surface area (Å²) in [4.78, 5) is 32.2. The molecule has 0 aliphatic carbocycles. The lowest BCUT2D eigenvalue weighted by Gasteiger charge is -2.16. The standard InChI is InChI=1S/C20H18O4.C9H10O2/c21-19(22)11-9-17-13-5-1-2-6-14(13)18(10-12-20(23)24)16-8-4-3-7-15(16)17;10-9(11)7-6-8-4-2-1-3-5-8/h1-8H,9-12H2,(H,21,22)(H,23,24);1-5H,6-7H2,(H,10,11). The number of aliphatic carboxylic acids is 3. The molecule has 6 heteroatoms. The van der Waals surface area contributed by atoms with E-state index in [4.69, 9.17) is 15.3 Å². The molecule has 0 heterocycles. The van der Waals surface area contributed by atoms with Gasteiger partial charge in [-0.2, -0.15) is 0 Å². The minimum atomic E-state index is -0.821. The van der Waals surface area contributed by atoms with Gasteiger partial charge in [-0.25, -0.2) is 0 Å². The van der Waals surface area contributed by atoms with E-state index in [2.05, 4.69) is 0 Å². The molecule has 0 radical (unpaired) electrons. The Balaban J connectivity index is 0.000000261. The molecule has 4 rings (SSSR count). The van der Waals surface area contributed by atoms with Crippen molar-refractivity contribution in [3.05, 3.63) is 95.6 Å². The third kappa shape index (κ3) is 7.14. The van der Waals surface area contributed by atoms with E-state index in [0.717, 1.165) is 38.2 Å². The molecule has 180 valence electrons. The summed E-state index contributed by atoms with van der Waals surface area (Å²) in [6.07, 6.45) is 1.89. The molecule has 0 saturated carbocycles. The van der Waals surface area contributed by atoms with Crippen molar-refractivity contribution in [1.82, 2.24) is 0 Å². The molecule has 0 aliphatic heterocycles. The number of carboxylic acids is 3. The van der Waals surface area contributed by atoms with Crippen molar-refractivity contribution in [2.24, 2.45) is 0 Å². The number of rotatable bonds is 9. The van der Waals surface area contributed by atoms with Crippen LogP contribution >= 0.6 is 0 Å². The van der Waals surface area contributed by atoms with Crippen LogP contribution < -0.4 is 0 Å². The summed E-state index contributed by atoms with van der Waals surface area (Å²) in [5, 5.41) is 30.5. The average molecular weight is 473 g/mol. The highest BCUT2D eigenvalue weighted by Crippen LogP contribution is 2.34. The number of hydrogen-bond acceptors (Lipinski definition) is 3. The van der Waals surface area contributed by atoms with Gasteiger partial charge >= 0.3 is 17.9 Å². The van der Waals surface area contributed by atoms with Gasteiger partial charge in [-0.05, 0) is 57.5 Å². The van der Waals surface area contributed by atoms with E-state index >= 15 is 0 Å². The van der Waals surface area contributed by atoms with E-state index in [1.54, 1.807) is 0 Å². The molecule has 0 fully saturated rings. The van der Waals surface area contributed by atoms with Crippen LogP contribution in [0.4, 0.5) is 0 Å². The second-order valence-corrected chi connectivity index (χ2v) is 8.22. The number of carbonyl (C=O) groups is 3. The summed E-state index contributed by atoms with van der Waals surface area (Å²) in [6, 6.07) is 25.3. The van der Waals surface area contributed by atoms with E-state index in [-0.39, 0.29) is 19.3 Å². The lowest BCUT2D eigenvalue weighted by molar-refractivity contribution is -0.138. The van der Waals surface area contributed by atoms with Gasteiger partial charge in [-0.15, -0.1) is 0 Å². The van der Waals surface area contributed by atoms with Gasteiger partial charge in [-0.3, -0.25) is 14.4 Å². The average Bonchev–Trinajstić information content (AvgIpc) is 2.85. The van der Waals surface area contributed by atoms with E-state index in [1.807, 2.05) is 78.9 Å². The van der Waals surface area contributed by atoms with Gasteiger partial charge in [0.05, 0.1) is 0 Å². The fraction of sp³-hybridized carbons (Fsp3) is 0.207. The molecule has 4 aromatic carbocycles. The Hall–Kier alpha value is -4.19. The highest BCUT2D eigenvalue weighted by molar-refractivity contribution is 6.06. The van der Waals surface area contributed by atoms with Crippen molar-refractivity contribution in [3.63, 3.8) is 0 Å². The molecule has 3 N–H and O–H groups in total. The number of fused-ring (bicyclic) bond motifs is 2. The molecule has 0 aliphatic rings. The molecule has 6 nitrogen and oxygen atoms in total. The zero-order chi connectivity index (χ0) is 25.2. The SMILES string of the molecule is O=C(O)CCc1c2ccccc2c(CCC(=O)O)c2ccccc12.O=C(O)CCc1ccccc1. The molecule has 0 amide bonds. The smallest absolute Gasteiger partial charge is 0.303 e. The molecule has 0 unspecified atom stereocenters. The summed E-state index contributed by atoms with van der Waals surface area (Å²) in [5.41, 5.74) is 3.11. The minimum absolute atomic E-state index is 0.0719. The molecule has 0 aromatic heterocycles. The van der Waals surface area contributed by atoms with Crippen molar-refractivity contribution in [3.8, 4) is 0 Å². The Morgan fingerprint density at radius 1 is 0.457 bits per heavy atom. The van der Waals surface area contributed by atoms with E-state index in [0.29, 0.717) is 19.3 Å². The van der Waals surface area contributed by atoms with Crippen LogP contribution in [0.15, 0.2) is 78.9 Å². The lowest BCUT2D eigenvalue weighted by Crippen LogP contribution is -2.03. The largest absolute Gasteiger partial charge is 0.481 e. The van der Waals surface area contributed by atoms with Gasteiger partial charge in [-0.1, -0.05) is 78.9 Å². The second kappa shape index (κ2) is 12.3. The molecule has 0 atom stereocenters. The number of carboxylic acid groups (broad SMARTS) is 3. The maximum absolute atomic E-state index is 11.0. The third-order valence-corrected chi connectivity index (χ3v) is 5.80. The number of benzene rings is 4. The zero-order valence-corrected chi connectivity index (χ0v) is 19.3. The molecular weight excluding hydrogens is 444 g/mol. The highest BCUT2D eigenvalue weighted by Gasteiger charge is 2.15. The Labute approximate surface area is 203 Å². The summed E-state index contributed by atoms with van der Waals surface area (Å²) in [7, 11) is 0. The number of hydrogen-bond donors (Lipinski definition) is 3. The van der Waals surface area contributed by atoms with Gasteiger partial charge in [0.25, 0.3) is 0 Å². The maximum Gasteiger partial charge on any atom is 0.303 e. The molecular formula is C29H28O6. The van der Waals surface area contributed by atoms with Crippen LogP contribution in [0, 0.1) is 0 Å². The monoisotopic (exact) mass is 472 g/mol. The van der Waals surface area contributed by atoms with Gasteiger partial charge in [0.2, 0.25) is 0 Å². The van der Waals surface area contributed by atoms with Crippen molar-refractivity contribution in [2.75, 3.05) is 0 Å². The molecule has 4 aromatic rings. The normalized spacial score (nSPS) is 10.5. The summed E-state index contributed by atoms with van der Waals surface area (Å²) >= 11 is 0. The van der Waals surface area contributed by atoms with Crippen molar-refractivity contribution in [2.45, 2.75) is 38.5 Å². The van der Waals surface area contributed by atoms with Crippen LogP contribution in [-0.4, -0.2) is 33.2 Å². The predicted molar refractivity (Wildman–Crippen MR) is 136 cm³/mol. The first-order valence-corrected chi connectivity index (χ1v) is 11.5. The zero-order valence-electron chi connectivity index (χ0n) is 19.3. The third-order valence-electron chi connectivity index (χ3n) is 5.80. The second-order valence-electron chi connectivity index (χ2n) is 8.22. The molecule has 0 bridgehead atoms. The van der Waals surface area contributed by atoms with Gasteiger partial charge in [0, 0.05) is 19.3 Å². The van der Waals surface area contributed by atoms with Crippen LogP contribution in [-0.2, 0) is 33.6 Å². The minimum Gasteiger partial charge on any atom is -0.481 e. The fourth-order valence-electron chi connectivity index (χ4n) is 4.21. The predicted octanol–water partition coefficient (Wildman–Crippen LogP) is 5.73.